The lowest BCUT2D eigenvalue weighted by atomic mass is 9.79. The molecule has 3 aliphatic carbocycles. The highest BCUT2D eigenvalue weighted by atomic mass is 16.7. The number of hydrogen-bond acceptors (Lipinski definition) is 11. The van der Waals surface area contributed by atoms with Crippen LogP contribution >= 0.6 is 0 Å². The van der Waals surface area contributed by atoms with Crippen LogP contribution in [0.15, 0.2) is 0 Å². The fourth-order valence-corrected chi connectivity index (χ4v) is 8.16. The highest BCUT2D eigenvalue weighted by molar-refractivity contribution is 5.93. The summed E-state index contributed by atoms with van der Waals surface area (Å²) in [5.41, 5.74) is -0.971. The first-order valence-corrected chi connectivity index (χ1v) is 19.8. The summed E-state index contributed by atoms with van der Waals surface area (Å²) in [6.45, 7) is 11.1. The summed E-state index contributed by atoms with van der Waals surface area (Å²) in [5.74, 6) is 16.1. The number of carbonyl (C=O) groups excluding carboxylic acids is 6. The molecule has 7 N–H and O–H groups in total. The van der Waals surface area contributed by atoms with Crippen molar-refractivity contribution in [3.63, 3.8) is 0 Å². The zero-order valence-electron chi connectivity index (χ0n) is 33.1. The van der Waals surface area contributed by atoms with Crippen LogP contribution < -0.4 is 22.9 Å². The van der Waals surface area contributed by atoms with Gasteiger partial charge in [0.15, 0.2) is 5.78 Å². The van der Waals surface area contributed by atoms with Crippen molar-refractivity contribution in [2.75, 3.05) is 26.2 Å². The first-order chi connectivity index (χ1) is 24.9. The molecule has 0 aromatic carbocycles. The predicted molar refractivity (Wildman–Crippen MR) is 201 cm³/mol. The third-order valence-electron chi connectivity index (χ3n) is 11.8. The maximum atomic E-state index is 13.9. The van der Waals surface area contributed by atoms with Gasteiger partial charge in [-0.2, -0.15) is 5.90 Å². The number of ketones is 2. The van der Waals surface area contributed by atoms with E-state index in [0.29, 0.717) is 57.4 Å². The van der Waals surface area contributed by atoms with E-state index in [1.165, 1.54) is 26.7 Å². The Balaban J connectivity index is 1.63. The number of carbonyl (C=O) groups is 6. The maximum Gasteiger partial charge on any atom is 0.348 e. The summed E-state index contributed by atoms with van der Waals surface area (Å²) in [5, 5.41) is 6.12. The summed E-state index contributed by atoms with van der Waals surface area (Å²) in [7, 11) is 0. The van der Waals surface area contributed by atoms with Crippen LogP contribution in [0.5, 0.6) is 0 Å². The van der Waals surface area contributed by atoms with E-state index in [0.717, 1.165) is 38.5 Å². The normalized spacial score (nSPS) is 24.9. The number of nitrogens with two attached hydrogens (primary N) is 3. The summed E-state index contributed by atoms with van der Waals surface area (Å²) in [4.78, 5) is 86.0. The smallest absolute Gasteiger partial charge is 0.348 e. The monoisotopic (exact) mass is 749 g/mol. The van der Waals surface area contributed by atoms with Gasteiger partial charge in [0.25, 0.3) is 0 Å². The molecule has 0 spiro atoms. The molecule has 0 bridgehead atoms. The standard InChI is InChI=1S/C38H68N8O7/c1-25(2)18-20-43(34(49)24-44(21-19-35(50)53-41)36(51)29-12-9-11-28(22-29)27(4)47)23-33(48)38(5,6)42-30-14-16-31(17-15-30)45(39)37(52)46(40)32-13-8-7-10-26(32)3/h25-26,28-32,42H,7-24,39-41H2,1-6H3. The van der Waals surface area contributed by atoms with Crippen molar-refractivity contribution >= 4 is 35.4 Å². The average Bonchev–Trinajstić information content (AvgIpc) is 3.13. The lowest BCUT2D eigenvalue weighted by Crippen LogP contribution is -2.60. The summed E-state index contributed by atoms with van der Waals surface area (Å²) >= 11 is 0. The molecular formula is C38H68N8O7. The Labute approximate surface area is 316 Å². The van der Waals surface area contributed by atoms with Crippen LogP contribution in [0.4, 0.5) is 4.79 Å². The first-order valence-electron chi connectivity index (χ1n) is 19.8. The van der Waals surface area contributed by atoms with Crippen molar-refractivity contribution in [2.45, 2.75) is 155 Å². The SMILES string of the molecule is CC(=O)C1CCCC(C(=O)N(CCC(=O)ON)CC(=O)N(CCC(C)C)CC(=O)C(C)(C)NC2CCC(N(N)C(=O)N(N)C3CCCCC3C)CC2)C1. The van der Waals surface area contributed by atoms with E-state index in [2.05, 4.69) is 17.1 Å². The highest BCUT2D eigenvalue weighted by Gasteiger charge is 2.38. The number of rotatable bonds is 17. The van der Waals surface area contributed by atoms with Crippen molar-refractivity contribution in [3.05, 3.63) is 0 Å². The Hall–Kier alpha value is -3.14. The molecule has 0 aromatic heterocycles. The van der Waals surface area contributed by atoms with Gasteiger partial charge >= 0.3 is 12.0 Å². The minimum absolute atomic E-state index is 0.00518. The van der Waals surface area contributed by atoms with Gasteiger partial charge in [0.1, 0.15) is 5.78 Å². The molecule has 0 heterocycles. The molecule has 4 unspecified atom stereocenters. The molecule has 3 saturated carbocycles. The Kier molecular flexibility index (Phi) is 17.1. The fourth-order valence-electron chi connectivity index (χ4n) is 8.16. The average molecular weight is 749 g/mol. The Morgan fingerprint density at radius 1 is 0.811 bits per heavy atom. The molecular weight excluding hydrogens is 680 g/mol. The van der Waals surface area contributed by atoms with Gasteiger partial charge in [0.05, 0.1) is 37.1 Å². The van der Waals surface area contributed by atoms with Gasteiger partial charge in [-0.25, -0.2) is 16.5 Å². The maximum absolute atomic E-state index is 13.9. The largest absolute Gasteiger partial charge is 0.373 e. The van der Waals surface area contributed by atoms with Crippen LogP contribution in [-0.2, 0) is 28.8 Å². The fraction of sp³-hybridized carbons (Fsp3) is 0.842. The van der Waals surface area contributed by atoms with Crippen molar-refractivity contribution in [3.8, 4) is 0 Å². The van der Waals surface area contributed by atoms with Crippen LogP contribution in [0.1, 0.15) is 131 Å². The summed E-state index contributed by atoms with van der Waals surface area (Å²) < 4.78 is 0. The number of Topliss-reactive ketones (excluding diaryl/α,β-unsaturated/α-hetero) is 2. The van der Waals surface area contributed by atoms with Crippen LogP contribution in [0.3, 0.4) is 0 Å². The van der Waals surface area contributed by atoms with Gasteiger partial charge in [-0.05, 0) is 96.8 Å². The molecule has 0 saturated heterocycles. The molecule has 15 heteroatoms. The Bertz CT molecular complexity index is 1270. The van der Waals surface area contributed by atoms with Gasteiger partial charge in [0, 0.05) is 31.0 Å². The number of hydrazine groups is 2. The molecule has 0 aromatic rings. The lowest BCUT2D eigenvalue weighted by Gasteiger charge is -2.41. The number of nitrogens with zero attached hydrogens (tertiary/aromatic N) is 4. The van der Waals surface area contributed by atoms with E-state index in [1.54, 1.807) is 0 Å². The zero-order valence-corrected chi connectivity index (χ0v) is 33.1. The van der Waals surface area contributed by atoms with Crippen LogP contribution in [0.25, 0.3) is 0 Å². The first kappa shape index (κ1) is 44.3. The van der Waals surface area contributed by atoms with Crippen molar-refractivity contribution in [1.82, 2.24) is 25.1 Å². The second-order valence-electron chi connectivity index (χ2n) is 16.8. The Morgan fingerprint density at radius 3 is 2.06 bits per heavy atom. The zero-order chi connectivity index (χ0) is 39.5. The minimum atomic E-state index is -0.971. The second-order valence-corrected chi connectivity index (χ2v) is 16.8. The van der Waals surface area contributed by atoms with E-state index in [-0.39, 0.29) is 79.5 Å². The van der Waals surface area contributed by atoms with Crippen LogP contribution in [-0.4, -0.2) is 105 Å². The van der Waals surface area contributed by atoms with E-state index in [4.69, 9.17) is 17.6 Å². The molecule has 0 aliphatic heterocycles. The van der Waals surface area contributed by atoms with E-state index in [9.17, 15) is 28.8 Å². The van der Waals surface area contributed by atoms with Gasteiger partial charge in [-0.15, -0.1) is 0 Å². The molecule has 3 fully saturated rings. The molecule has 3 rings (SSSR count). The topological polar surface area (TPSA) is 215 Å². The van der Waals surface area contributed by atoms with Gasteiger partial charge in [-0.1, -0.05) is 40.0 Å². The van der Waals surface area contributed by atoms with Crippen LogP contribution in [0, 0.1) is 23.7 Å². The molecule has 302 valence electrons. The lowest BCUT2D eigenvalue weighted by molar-refractivity contribution is -0.148. The number of urea groups is 1. The molecule has 0 radical (unpaired) electrons. The van der Waals surface area contributed by atoms with E-state index < -0.39 is 23.3 Å². The molecule has 53 heavy (non-hydrogen) atoms. The van der Waals surface area contributed by atoms with Crippen molar-refractivity contribution in [1.29, 1.82) is 0 Å². The summed E-state index contributed by atoms with van der Waals surface area (Å²) in [6, 6.07) is -0.534. The third-order valence-corrected chi connectivity index (χ3v) is 11.8. The highest BCUT2D eigenvalue weighted by Crippen LogP contribution is 2.32. The van der Waals surface area contributed by atoms with Crippen LogP contribution in [0.2, 0.25) is 0 Å². The molecule has 3 aliphatic rings. The van der Waals surface area contributed by atoms with Gasteiger partial charge in [-0.3, -0.25) is 34.0 Å². The van der Waals surface area contributed by atoms with E-state index in [1.807, 2.05) is 27.7 Å². The molecule has 4 atom stereocenters. The number of nitrogens with one attached hydrogen (secondary N) is 1. The van der Waals surface area contributed by atoms with Gasteiger partial charge in [0.2, 0.25) is 11.8 Å². The second kappa shape index (κ2) is 20.5. The van der Waals surface area contributed by atoms with Crippen molar-refractivity contribution in [2.24, 2.45) is 41.3 Å². The quantitative estimate of drug-likeness (QED) is 0.0963. The number of amides is 4. The molecule has 15 nitrogen and oxygen atoms in total. The number of hydrogen-bond donors (Lipinski definition) is 4. The molecule has 4 amide bonds. The Morgan fingerprint density at radius 2 is 1.45 bits per heavy atom. The van der Waals surface area contributed by atoms with E-state index >= 15 is 0 Å². The van der Waals surface area contributed by atoms with Crippen molar-refractivity contribution < 1.29 is 33.6 Å². The third kappa shape index (κ3) is 13.0. The predicted octanol–water partition coefficient (Wildman–Crippen LogP) is 3.19. The summed E-state index contributed by atoms with van der Waals surface area (Å²) in [6.07, 6.45) is 9.75. The minimum Gasteiger partial charge on any atom is -0.373 e. The van der Waals surface area contributed by atoms with Gasteiger partial charge < -0.3 is 20.0 Å².